The van der Waals surface area contributed by atoms with E-state index in [9.17, 15) is 4.39 Å². The zero-order chi connectivity index (χ0) is 11.5. The van der Waals surface area contributed by atoms with Crippen LogP contribution in [-0.2, 0) is 0 Å². The maximum atomic E-state index is 14.0. The van der Waals surface area contributed by atoms with Gasteiger partial charge < -0.3 is 10.2 Å². The minimum absolute atomic E-state index is 0.256. The predicted octanol–water partition coefficient (Wildman–Crippen LogP) is 1.87. The van der Waals surface area contributed by atoms with Crippen LogP contribution in [0.3, 0.4) is 0 Å². The van der Waals surface area contributed by atoms with Crippen LogP contribution in [0, 0.1) is 17.1 Å². The number of hydrogen-bond acceptors (Lipinski definition) is 3. The van der Waals surface area contributed by atoms with Crippen LogP contribution in [0.15, 0.2) is 16.6 Å². The Morgan fingerprint density at radius 1 is 1.38 bits per heavy atom. The number of nitrogens with one attached hydrogen (secondary N) is 1. The van der Waals surface area contributed by atoms with Gasteiger partial charge in [-0.05, 0) is 28.1 Å². The van der Waals surface area contributed by atoms with Gasteiger partial charge in [0.1, 0.15) is 6.07 Å². The van der Waals surface area contributed by atoms with Crippen molar-refractivity contribution in [3.05, 3.63) is 28.0 Å². The van der Waals surface area contributed by atoms with Crippen LogP contribution in [0.25, 0.3) is 0 Å². The molecule has 16 heavy (non-hydrogen) atoms. The fourth-order valence-electron chi connectivity index (χ4n) is 1.78. The third-order valence-corrected chi connectivity index (χ3v) is 3.42. The third kappa shape index (κ3) is 2.04. The van der Waals surface area contributed by atoms with Crippen molar-refractivity contribution >= 4 is 21.6 Å². The highest BCUT2D eigenvalue weighted by atomic mass is 79.9. The van der Waals surface area contributed by atoms with E-state index in [1.807, 2.05) is 11.0 Å². The molecule has 0 spiro atoms. The van der Waals surface area contributed by atoms with E-state index in [4.69, 9.17) is 5.26 Å². The highest BCUT2D eigenvalue weighted by molar-refractivity contribution is 9.10. The molecule has 1 aliphatic heterocycles. The Kier molecular flexibility index (Phi) is 3.42. The van der Waals surface area contributed by atoms with E-state index in [-0.39, 0.29) is 10.3 Å². The molecule has 1 fully saturated rings. The first-order valence-electron chi connectivity index (χ1n) is 5.08. The standard InChI is InChI=1S/C11H11BrFN3/c12-10-8(7-14)1-2-9(11(10)13)16-5-3-15-4-6-16/h1-2,15H,3-6H2. The molecule has 0 saturated carbocycles. The molecule has 0 aliphatic carbocycles. The van der Waals surface area contributed by atoms with Crippen LogP contribution in [0.5, 0.6) is 0 Å². The average molecular weight is 284 g/mol. The van der Waals surface area contributed by atoms with Gasteiger partial charge in [0.15, 0.2) is 5.82 Å². The summed E-state index contributed by atoms with van der Waals surface area (Å²) < 4.78 is 14.2. The van der Waals surface area contributed by atoms with E-state index in [0.29, 0.717) is 11.3 Å². The molecule has 0 amide bonds. The molecule has 0 unspecified atom stereocenters. The van der Waals surface area contributed by atoms with Gasteiger partial charge in [-0.25, -0.2) is 4.39 Å². The molecule has 1 aromatic rings. The minimum atomic E-state index is -0.346. The Hall–Kier alpha value is -1.12. The number of nitrogens with zero attached hydrogens (tertiary/aromatic N) is 2. The van der Waals surface area contributed by atoms with E-state index >= 15 is 0 Å². The van der Waals surface area contributed by atoms with Gasteiger partial charge in [0, 0.05) is 26.2 Å². The molecule has 1 aliphatic rings. The fourth-order valence-corrected chi connectivity index (χ4v) is 2.20. The summed E-state index contributed by atoms with van der Waals surface area (Å²) in [5, 5.41) is 12.0. The summed E-state index contributed by atoms with van der Waals surface area (Å²) in [6, 6.07) is 5.26. The van der Waals surface area contributed by atoms with Crippen molar-refractivity contribution in [2.45, 2.75) is 0 Å². The topological polar surface area (TPSA) is 39.1 Å². The van der Waals surface area contributed by atoms with E-state index in [1.54, 1.807) is 12.1 Å². The van der Waals surface area contributed by atoms with Crippen LogP contribution in [0.1, 0.15) is 5.56 Å². The van der Waals surface area contributed by atoms with E-state index < -0.39 is 0 Å². The summed E-state index contributed by atoms with van der Waals surface area (Å²) in [5.41, 5.74) is 0.892. The molecule has 1 aromatic carbocycles. The molecule has 0 radical (unpaired) electrons. The lowest BCUT2D eigenvalue weighted by Gasteiger charge is -2.30. The van der Waals surface area contributed by atoms with Crippen molar-refractivity contribution in [1.82, 2.24) is 5.32 Å². The van der Waals surface area contributed by atoms with Crippen molar-refractivity contribution in [3.8, 4) is 6.07 Å². The molecule has 0 atom stereocenters. The summed E-state index contributed by atoms with van der Waals surface area (Å²) >= 11 is 3.12. The summed E-state index contributed by atoms with van der Waals surface area (Å²) in [5.74, 6) is -0.346. The molecule has 0 bridgehead atoms. The number of piperazine rings is 1. The smallest absolute Gasteiger partial charge is 0.161 e. The Balaban J connectivity index is 2.35. The summed E-state index contributed by atoms with van der Waals surface area (Å²) in [7, 11) is 0. The van der Waals surface area contributed by atoms with Crippen molar-refractivity contribution in [1.29, 1.82) is 5.26 Å². The van der Waals surface area contributed by atoms with Gasteiger partial charge in [-0.15, -0.1) is 0 Å². The van der Waals surface area contributed by atoms with Crippen LogP contribution in [0.4, 0.5) is 10.1 Å². The molecule has 1 heterocycles. The Morgan fingerprint density at radius 3 is 2.69 bits per heavy atom. The van der Waals surface area contributed by atoms with E-state index in [0.717, 1.165) is 26.2 Å². The molecular formula is C11H11BrFN3. The number of benzene rings is 1. The first-order chi connectivity index (χ1) is 7.74. The Labute approximate surface area is 102 Å². The Bertz CT molecular complexity index is 436. The van der Waals surface area contributed by atoms with Crippen LogP contribution in [0.2, 0.25) is 0 Å². The zero-order valence-corrected chi connectivity index (χ0v) is 10.2. The second-order valence-corrected chi connectivity index (χ2v) is 4.40. The van der Waals surface area contributed by atoms with Gasteiger partial charge in [-0.2, -0.15) is 5.26 Å². The van der Waals surface area contributed by atoms with Crippen molar-refractivity contribution < 1.29 is 4.39 Å². The summed E-state index contributed by atoms with van der Waals surface area (Å²) in [4.78, 5) is 1.98. The molecule has 3 nitrogen and oxygen atoms in total. The molecule has 0 aromatic heterocycles. The molecule has 1 saturated heterocycles. The normalized spacial score (nSPS) is 15.9. The first kappa shape index (κ1) is 11.4. The molecule has 84 valence electrons. The van der Waals surface area contributed by atoms with E-state index in [2.05, 4.69) is 21.2 Å². The number of rotatable bonds is 1. The molecule has 5 heteroatoms. The van der Waals surface area contributed by atoms with Crippen molar-refractivity contribution in [2.24, 2.45) is 0 Å². The number of hydrogen-bond donors (Lipinski definition) is 1. The maximum Gasteiger partial charge on any atom is 0.161 e. The Morgan fingerprint density at radius 2 is 2.06 bits per heavy atom. The minimum Gasteiger partial charge on any atom is -0.367 e. The van der Waals surface area contributed by atoms with Crippen LogP contribution in [-0.4, -0.2) is 26.2 Å². The highest BCUT2D eigenvalue weighted by Crippen LogP contribution is 2.29. The van der Waals surface area contributed by atoms with Gasteiger partial charge in [0.2, 0.25) is 0 Å². The summed E-state index contributed by atoms with van der Waals surface area (Å²) in [6.45, 7) is 3.29. The largest absolute Gasteiger partial charge is 0.367 e. The van der Waals surface area contributed by atoms with Crippen molar-refractivity contribution in [3.63, 3.8) is 0 Å². The van der Waals surface area contributed by atoms with Gasteiger partial charge in [0.05, 0.1) is 15.7 Å². The lowest BCUT2D eigenvalue weighted by atomic mass is 10.2. The lowest BCUT2D eigenvalue weighted by molar-refractivity contribution is 0.564. The van der Waals surface area contributed by atoms with E-state index in [1.165, 1.54) is 0 Å². The lowest BCUT2D eigenvalue weighted by Crippen LogP contribution is -2.43. The number of halogens is 2. The predicted molar refractivity (Wildman–Crippen MR) is 63.9 cm³/mol. The maximum absolute atomic E-state index is 14.0. The molecular weight excluding hydrogens is 273 g/mol. The van der Waals surface area contributed by atoms with Gasteiger partial charge in [-0.1, -0.05) is 0 Å². The zero-order valence-electron chi connectivity index (χ0n) is 8.63. The number of anilines is 1. The van der Waals surface area contributed by atoms with Gasteiger partial charge in [-0.3, -0.25) is 0 Å². The first-order valence-corrected chi connectivity index (χ1v) is 5.87. The molecule has 1 N–H and O–H groups in total. The monoisotopic (exact) mass is 283 g/mol. The molecule has 2 rings (SSSR count). The highest BCUT2D eigenvalue weighted by Gasteiger charge is 2.17. The van der Waals surface area contributed by atoms with Gasteiger partial charge in [0.25, 0.3) is 0 Å². The van der Waals surface area contributed by atoms with Crippen LogP contribution < -0.4 is 10.2 Å². The third-order valence-electron chi connectivity index (χ3n) is 2.64. The second kappa shape index (κ2) is 4.81. The second-order valence-electron chi connectivity index (χ2n) is 3.61. The fraction of sp³-hybridized carbons (Fsp3) is 0.364. The quantitative estimate of drug-likeness (QED) is 0.855. The number of nitriles is 1. The van der Waals surface area contributed by atoms with Gasteiger partial charge >= 0.3 is 0 Å². The average Bonchev–Trinajstić information content (AvgIpc) is 2.34. The SMILES string of the molecule is N#Cc1ccc(N2CCNCC2)c(F)c1Br. The van der Waals surface area contributed by atoms with Crippen molar-refractivity contribution in [2.75, 3.05) is 31.1 Å². The van der Waals surface area contributed by atoms with Crippen LogP contribution >= 0.6 is 15.9 Å². The summed E-state index contributed by atoms with van der Waals surface area (Å²) in [6.07, 6.45) is 0.